The fourth-order valence-corrected chi connectivity index (χ4v) is 3.76. The fourth-order valence-electron chi connectivity index (χ4n) is 3.76. The van der Waals surface area contributed by atoms with Gasteiger partial charge in [-0.15, -0.1) is 0 Å². The van der Waals surface area contributed by atoms with Gasteiger partial charge in [-0.1, -0.05) is 36.4 Å². The Labute approximate surface area is 138 Å². The first-order chi connectivity index (χ1) is 11.9. The molecule has 3 aromatic carbocycles. The number of ether oxygens (including phenoxy) is 2. The van der Waals surface area contributed by atoms with Crippen molar-refractivity contribution in [1.82, 2.24) is 9.46 Å². The summed E-state index contributed by atoms with van der Waals surface area (Å²) in [6.07, 6.45) is 0. The molecule has 0 amide bonds. The third-order valence-corrected chi connectivity index (χ3v) is 4.76. The molecule has 0 radical (unpaired) electrons. The molecule has 24 heavy (non-hydrogen) atoms. The van der Waals surface area contributed by atoms with Crippen molar-refractivity contribution in [3.8, 4) is 23.3 Å². The third-order valence-electron chi connectivity index (χ3n) is 4.76. The van der Waals surface area contributed by atoms with Crippen molar-refractivity contribution in [1.29, 1.82) is 0 Å². The predicted octanol–water partition coefficient (Wildman–Crippen LogP) is 2.90. The van der Waals surface area contributed by atoms with Crippen molar-refractivity contribution >= 4 is 28.8 Å². The fraction of sp³-hybridized carbons (Fsp3) is 0. The number of fused-ring (bicyclic) bond motifs is 6. The van der Waals surface area contributed by atoms with Crippen LogP contribution in [0.25, 0.3) is 11.0 Å². The van der Waals surface area contributed by atoms with Crippen LogP contribution in [0.4, 0.5) is 0 Å². The van der Waals surface area contributed by atoms with Gasteiger partial charge < -0.3 is 14.0 Å². The molecular formula is C19H11BN2O2. The largest absolute Gasteiger partial charge is 0.458 e. The first-order valence-electron chi connectivity index (χ1n) is 7.95. The smallest absolute Gasteiger partial charge is 0.344 e. The number of hydrogen-bond acceptors (Lipinski definition) is 3. The number of hydrogen-bond donors (Lipinski definition) is 0. The topological polar surface area (TPSA) is 36.3 Å². The van der Waals surface area contributed by atoms with E-state index in [0.717, 1.165) is 39.2 Å². The van der Waals surface area contributed by atoms with Crippen molar-refractivity contribution in [2.24, 2.45) is 0 Å². The standard InChI is InChI=1S/C19H11BN2O2/c1-4-9-15-12(6-1)20-18-16(23-15)10-5-11-17(18)24-19-21-13-7-2-3-8-14(13)22(19)20/h1-11H. The van der Waals surface area contributed by atoms with Crippen molar-refractivity contribution in [2.75, 3.05) is 0 Å². The van der Waals surface area contributed by atoms with Crippen molar-refractivity contribution < 1.29 is 9.47 Å². The van der Waals surface area contributed by atoms with Crippen LogP contribution in [-0.2, 0) is 0 Å². The summed E-state index contributed by atoms with van der Waals surface area (Å²) in [6, 6.07) is 22.9. The average molecular weight is 310 g/mol. The minimum absolute atomic E-state index is 0.0114. The van der Waals surface area contributed by atoms with E-state index in [2.05, 4.69) is 21.6 Å². The van der Waals surface area contributed by atoms with E-state index in [0.29, 0.717) is 6.01 Å². The molecule has 3 heterocycles. The van der Waals surface area contributed by atoms with E-state index in [1.165, 1.54) is 0 Å². The molecular weight excluding hydrogens is 299 g/mol. The van der Waals surface area contributed by atoms with Gasteiger partial charge in [0.2, 0.25) is 0 Å². The molecule has 0 spiro atoms. The predicted molar refractivity (Wildman–Crippen MR) is 93.2 cm³/mol. The van der Waals surface area contributed by atoms with Crippen molar-refractivity contribution in [2.45, 2.75) is 0 Å². The van der Waals surface area contributed by atoms with Gasteiger partial charge in [-0.3, -0.25) is 0 Å². The van der Waals surface area contributed by atoms with Gasteiger partial charge in [0.15, 0.2) is 0 Å². The Morgan fingerprint density at radius 3 is 2.46 bits per heavy atom. The van der Waals surface area contributed by atoms with Gasteiger partial charge in [-0.25, -0.2) is 0 Å². The Morgan fingerprint density at radius 2 is 1.50 bits per heavy atom. The highest BCUT2D eigenvalue weighted by Gasteiger charge is 2.41. The van der Waals surface area contributed by atoms with Crippen LogP contribution in [0.5, 0.6) is 23.3 Å². The second-order valence-corrected chi connectivity index (χ2v) is 6.07. The number of benzene rings is 3. The molecule has 1 aromatic heterocycles. The summed E-state index contributed by atoms with van der Waals surface area (Å²) < 4.78 is 14.4. The summed E-state index contributed by atoms with van der Waals surface area (Å²) in [5.41, 5.74) is 4.19. The zero-order valence-electron chi connectivity index (χ0n) is 12.6. The zero-order chi connectivity index (χ0) is 15.7. The second-order valence-electron chi connectivity index (χ2n) is 6.07. The van der Waals surface area contributed by atoms with E-state index in [4.69, 9.17) is 9.47 Å². The van der Waals surface area contributed by atoms with Gasteiger partial charge >= 0.3 is 6.85 Å². The van der Waals surface area contributed by atoms with Crippen LogP contribution in [0, 0.1) is 0 Å². The lowest BCUT2D eigenvalue weighted by molar-refractivity contribution is 0.429. The summed E-state index contributed by atoms with van der Waals surface area (Å²) in [6.45, 7) is 0.0114. The van der Waals surface area contributed by atoms with E-state index < -0.39 is 0 Å². The van der Waals surface area contributed by atoms with Gasteiger partial charge in [0.1, 0.15) is 17.2 Å². The van der Waals surface area contributed by atoms with Gasteiger partial charge in [0.05, 0.1) is 11.0 Å². The van der Waals surface area contributed by atoms with Crippen molar-refractivity contribution in [3.63, 3.8) is 0 Å². The van der Waals surface area contributed by atoms with E-state index in [1.807, 2.05) is 54.6 Å². The monoisotopic (exact) mass is 310 g/mol. The normalized spacial score (nSPS) is 13.6. The summed E-state index contributed by atoms with van der Waals surface area (Å²) in [5, 5.41) is 0. The number of rotatable bonds is 0. The molecule has 0 aliphatic carbocycles. The Kier molecular flexibility index (Phi) is 2.14. The zero-order valence-corrected chi connectivity index (χ0v) is 12.6. The highest BCUT2D eigenvalue weighted by Crippen LogP contribution is 2.36. The lowest BCUT2D eigenvalue weighted by Gasteiger charge is -2.32. The maximum absolute atomic E-state index is 6.11. The molecule has 6 rings (SSSR count). The first kappa shape index (κ1) is 12.2. The van der Waals surface area contributed by atoms with E-state index in [1.54, 1.807) is 0 Å². The van der Waals surface area contributed by atoms with E-state index in [9.17, 15) is 0 Å². The Morgan fingerprint density at radius 1 is 0.750 bits per heavy atom. The van der Waals surface area contributed by atoms with Crippen LogP contribution in [0.15, 0.2) is 66.7 Å². The maximum Gasteiger partial charge on any atom is 0.344 e. The lowest BCUT2D eigenvalue weighted by atomic mass is 9.48. The third kappa shape index (κ3) is 1.42. The van der Waals surface area contributed by atoms with Crippen LogP contribution in [0.2, 0.25) is 0 Å². The number of aromatic nitrogens is 2. The molecule has 5 heteroatoms. The summed E-state index contributed by atoms with van der Waals surface area (Å²) >= 11 is 0. The number of imidazole rings is 1. The highest BCUT2D eigenvalue weighted by atomic mass is 16.5. The molecule has 0 saturated heterocycles. The minimum atomic E-state index is 0.0114. The van der Waals surface area contributed by atoms with Gasteiger partial charge in [0.25, 0.3) is 6.01 Å². The molecule has 0 bridgehead atoms. The van der Waals surface area contributed by atoms with Crippen molar-refractivity contribution in [3.05, 3.63) is 66.7 Å². The Balaban J connectivity index is 1.76. The van der Waals surface area contributed by atoms with Crippen LogP contribution in [0.3, 0.4) is 0 Å². The minimum Gasteiger partial charge on any atom is -0.458 e. The van der Waals surface area contributed by atoms with Crippen LogP contribution in [-0.4, -0.2) is 16.3 Å². The Bertz CT molecular complexity index is 1140. The van der Waals surface area contributed by atoms with Crippen LogP contribution in [0.1, 0.15) is 0 Å². The summed E-state index contributed by atoms with van der Waals surface area (Å²) in [4.78, 5) is 4.68. The molecule has 0 saturated carbocycles. The second kappa shape index (κ2) is 4.20. The van der Waals surface area contributed by atoms with E-state index in [-0.39, 0.29) is 6.85 Å². The molecule has 112 valence electrons. The highest BCUT2D eigenvalue weighted by molar-refractivity contribution is 6.87. The molecule has 2 aliphatic rings. The van der Waals surface area contributed by atoms with Gasteiger partial charge in [-0.05, 0) is 35.8 Å². The molecule has 0 unspecified atom stereocenters. The quantitative estimate of drug-likeness (QED) is 0.405. The number of para-hydroxylation sites is 3. The van der Waals surface area contributed by atoms with Crippen LogP contribution < -0.4 is 20.4 Å². The van der Waals surface area contributed by atoms with E-state index >= 15 is 0 Å². The average Bonchev–Trinajstić information content (AvgIpc) is 2.99. The summed E-state index contributed by atoms with van der Waals surface area (Å²) in [7, 11) is 0. The maximum atomic E-state index is 6.11. The molecule has 0 fully saturated rings. The molecule has 4 nitrogen and oxygen atoms in total. The summed E-state index contributed by atoms with van der Waals surface area (Å²) in [5.74, 6) is 2.55. The molecule has 4 aromatic rings. The van der Waals surface area contributed by atoms with Gasteiger partial charge in [0, 0.05) is 5.46 Å². The van der Waals surface area contributed by atoms with Crippen LogP contribution >= 0.6 is 0 Å². The SMILES string of the molecule is c1ccc2c(c1)Oc1cccc3c1B2n1c(nc2ccccc21)O3. The molecule has 0 atom stereocenters. The molecule has 2 aliphatic heterocycles. The lowest BCUT2D eigenvalue weighted by Crippen LogP contribution is -2.54. The number of nitrogens with zero attached hydrogens (tertiary/aromatic N) is 2. The first-order valence-corrected chi connectivity index (χ1v) is 7.95. The Hall–Kier alpha value is -3.21. The van der Waals surface area contributed by atoms with Gasteiger partial charge in [-0.2, -0.15) is 4.98 Å². The molecule has 0 N–H and O–H groups in total.